The Hall–Kier alpha value is -0.440. The third-order valence-electron chi connectivity index (χ3n) is 2.33. The van der Waals surface area contributed by atoms with Crippen molar-refractivity contribution in [2.24, 2.45) is 0 Å². The Morgan fingerprint density at radius 2 is 2.27 bits per heavy atom. The highest BCUT2D eigenvalue weighted by Gasteiger charge is 2.23. The van der Waals surface area contributed by atoms with Crippen LogP contribution in [0.3, 0.4) is 0 Å². The van der Waals surface area contributed by atoms with Crippen molar-refractivity contribution >= 4 is 28.9 Å². The summed E-state index contributed by atoms with van der Waals surface area (Å²) in [5.41, 5.74) is 0.994. The topological polar surface area (TPSA) is 21.3 Å². The molecule has 1 N–H and O–H groups in total. The summed E-state index contributed by atoms with van der Waals surface area (Å²) in [5, 5.41) is 3.97. The number of hydrogen-bond acceptors (Lipinski definition) is 2. The Balaban J connectivity index is 2.01. The summed E-state index contributed by atoms with van der Waals surface area (Å²) in [6, 6.07) is 7.84. The van der Waals surface area contributed by atoms with Crippen molar-refractivity contribution < 1.29 is 4.74 Å². The van der Waals surface area contributed by atoms with Crippen LogP contribution < -0.4 is 5.32 Å². The molecule has 0 aromatic heterocycles. The molecule has 0 amide bonds. The average molecular weight is 245 g/mol. The van der Waals surface area contributed by atoms with Gasteiger partial charge in [-0.3, -0.25) is 0 Å². The summed E-state index contributed by atoms with van der Waals surface area (Å²) < 4.78 is 5.15. The van der Waals surface area contributed by atoms with Crippen molar-refractivity contribution in [3.8, 4) is 0 Å². The lowest BCUT2D eigenvalue weighted by Gasteiger charge is -2.28. The predicted molar refractivity (Wildman–Crippen MR) is 63.4 cm³/mol. The van der Waals surface area contributed by atoms with Crippen molar-refractivity contribution in [1.82, 2.24) is 0 Å². The van der Waals surface area contributed by atoms with Gasteiger partial charge in [0.2, 0.25) is 0 Å². The van der Waals surface area contributed by atoms with Crippen molar-refractivity contribution in [3.05, 3.63) is 35.9 Å². The van der Waals surface area contributed by atoms with E-state index in [1.54, 1.807) is 6.61 Å². The molecule has 0 aliphatic carbocycles. The summed E-state index contributed by atoms with van der Waals surface area (Å²) in [6.45, 7) is 2.38. The van der Waals surface area contributed by atoms with E-state index in [0.29, 0.717) is 6.61 Å². The molecule has 1 radical (unpaired) electrons. The quantitative estimate of drug-likeness (QED) is 0.807. The zero-order chi connectivity index (χ0) is 10.7. The lowest BCUT2D eigenvalue weighted by atomic mass is 10.1. The molecule has 1 aromatic rings. The molecule has 1 aliphatic rings. The Morgan fingerprint density at radius 1 is 1.40 bits per heavy atom. The van der Waals surface area contributed by atoms with Crippen LogP contribution >= 0.6 is 23.2 Å². The van der Waals surface area contributed by atoms with Crippen LogP contribution in [0.25, 0.3) is 0 Å². The zero-order valence-corrected chi connectivity index (χ0v) is 9.63. The second-order valence-electron chi connectivity index (χ2n) is 3.50. The number of anilines is 1. The molecular weight excluding hydrogens is 233 g/mol. The van der Waals surface area contributed by atoms with E-state index in [1.807, 2.05) is 24.3 Å². The maximum atomic E-state index is 6.10. The minimum Gasteiger partial charge on any atom is -0.381 e. The van der Waals surface area contributed by atoms with Gasteiger partial charge in [-0.1, -0.05) is 17.7 Å². The van der Waals surface area contributed by atoms with Crippen LogP contribution in [0.15, 0.2) is 24.3 Å². The van der Waals surface area contributed by atoms with Gasteiger partial charge in [0.05, 0.1) is 5.38 Å². The number of hydrogen-bond donors (Lipinski definition) is 1. The third kappa shape index (κ3) is 3.00. The maximum Gasteiger partial charge on any atom is 0.103 e. The van der Waals surface area contributed by atoms with Gasteiger partial charge in [0.1, 0.15) is 6.61 Å². The van der Waals surface area contributed by atoms with Gasteiger partial charge in [-0.05, 0) is 24.6 Å². The Kier molecular flexibility index (Phi) is 3.73. The van der Waals surface area contributed by atoms with E-state index >= 15 is 0 Å². The molecule has 2 atom stereocenters. The predicted octanol–water partition coefficient (Wildman–Crippen LogP) is 3.31. The number of alkyl halides is 1. The average Bonchev–Trinajstić information content (AvgIpc) is 2.22. The lowest BCUT2D eigenvalue weighted by Crippen LogP contribution is -2.35. The van der Waals surface area contributed by atoms with Crippen molar-refractivity contribution in [2.75, 3.05) is 11.9 Å². The molecule has 2 rings (SSSR count). The Bertz CT molecular complexity index is 332. The second-order valence-corrected chi connectivity index (χ2v) is 4.44. The summed E-state index contributed by atoms with van der Waals surface area (Å²) in [6.07, 6.45) is 0.900. The van der Waals surface area contributed by atoms with E-state index in [0.717, 1.165) is 17.1 Å². The molecule has 0 bridgehead atoms. The monoisotopic (exact) mass is 244 g/mol. The van der Waals surface area contributed by atoms with E-state index in [4.69, 9.17) is 27.9 Å². The van der Waals surface area contributed by atoms with E-state index in [-0.39, 0.29) is 11.4 Å². The van der Waals surface area contributed by atoms with Crippen LogP contribution in [-0.2, 0) is 4.74 Å². The summed E-state index contributed by atoms with van der Waals surface area (Å²) in [5.74, 6) is 0. The number of halogens is 2. The molecule has 4 heteroatoms. The Morgan fingerprint density at radius 3 is 3.00 bits per heavy atom. The fraction of sp³-hybridized carbons (Fsp3) is 0.364. The number of benzene rings is 1. The maximum absolute atomic E-state index is 6.10. The normalized spacial score (nSPS) is 26.3. The molecule has 81 valence electrons. The van der Waals surface area contributed by atoms with Gasteiger partial charge >= 0.3 is 0 Å². The van der Waals surface area contributed by atoms with E-state index in [9.17, 15) is 0 Å². The number of rotatable bonds is 2. The molecule has 0 spiro atoms. The lowest BCUT2D eigenvalue weighted by molar-refractivity contribution is 0.151. The minimum atomic E-state index is -0.0993. The van der Waals surface area contributed by atoms with Crippen LogP contribution in [-0.4, -0.2) is 18.0 Å². The summed E-state index contributed by atoms with van der Waals surface area (Å²) in [4.78, 5) is 0. The van der Waals surface area contributed by atoms with Crippen LogP contribution in [0.4, 0.5) is 5.69 Å². The van der Waals surface area contributed by atoms with Gasteiger partial charge < -0.3 is 10.1 Å². The van der Waals surface area contributed by atoms with Crippen LogP contribution in [0.1, 0.15) is 6.42 Å². The van der Waals surface area contributed by atoms with Gasteiger partial charge in [0.15, 0.2) is 0 Å². The molecule has 1 saturated heterocycles. The summed E-state index contributed by atoms with van der Waals surface area (Å²) in [7, 11) is 0. The molecule has 1 aliphatic heterocycles. The molecule has 1 aromatic carbocycles. The fourth-order valence-electron chi connectivity index (χ4n) is 1.55. The van der Waals surface area contributed by atoms with E-state index < -0.39 is 0 Å². The molecule has 2 unspecified atom stereocenters. The van der Waals surface area contributed by atoms with Gasteiger partial charge in [-0.25, -0.2) is 0 Å². The third-order valence-corrected chi connectivity index (χ3v) is 2.98. The van der Waals surface area contributed by atoms with E-state index in [1.165, 1.54) is 0 Å². The highest BCUT2D eigenvalue weighted by Crippen LogP contribution is 2.22. The van der Waals surface area contributed by atoms with E-state index in [2.05, 4.69) is 5.32 Å². The fourth-order valence-corrected chi connectivity index (χ4v) is 2.01. The van der Waals surface area contributed by atoms with Crippen LogP contribution in [0.2, 0.25) is 5.02 Å². The number of ether oxygens (including phenoxy) is 1. The Labute approximate surface area is 99.5 Å². The largest absolute Gasteiger partial charge is 0.381 e. The SMILES string of the molecule is Clc1cccc(NC2CCO[CH]C2Cl)c1. The van der Waals surface area contributed by atoms with Gasteiger partial charge in [-0.2, -0.15) is 0 Å². The molecule has 0 saturated carbocycles. The zero-order valence-electron chi connectivity index (χ0n) is 8.12. The van der Waals surface area contributed by atoms with Crippen molar-refractivity contribution in [1.29, 1.82) is 0 Å². The van der Waals surface area contributed by atoms with Gasteiger partial charge in [0.25, 0.3) is 0 Å². The van der Waals surface area contributed by atoms with Crippen molar-refractivity contribution in [3.63, 3.8) is 0 Å². The summed E-state index contributed by atoms with van der Waals surface area (Å²) >= 11 is 12.0. The van der Waals surface area contributed by atoms with Crippen LogP contribution in [0.5, 0.6) is 0 Å². The first-order chi connectivity index (χ1) is 7.25. The first-order valence-electron chi connectivity index (χ1n) is 4.87. The highest BCUT2D eigenvalue weighted by molar-refractivity contribution is 6.30. The molecule has 1 fully saturated rings. The van der Waals surface area contributed by atoms with Gasteiger partial charge in [-0.15, -0.1) is 11.6 Å². The van der Waals surface area contributed by atoms with Crippen LogP contribution in [0, 0.1) is 6.61 Å². The standard InChI is InChI=1S/C11H12Cl2NO/c12-8-2-1-3-9(6-8)14-11-4-5-15-7-10(11)13/h1-3,6-7,10-11,14H,4-5H2. The minimum absolute atomic E-state index is 0.0993. The first-order valence-corrected chi connectivity index (χ1v) is 5.68. The second kappa shape index (κ2) is 5.06. The highest BCUT2D eigenvalue weighted by atomic mass is 35.5. The molecule has 2 nitrogen and oxygen atoms in total. The molecular formula is C11H12Cl2NO. The molecule has 1 heterocycles. The first kappa shape index (κ1) is 11.1. The number of nitrogens with one attached hydrogen (secondary N) is 1. The van der Waals surface area contributed by atoms with Crippen molar-refractivity contribution in [2.45, 2.75) is 17.8 Å². The van der Waals surface area contributed by atoms with Gasteiger partial charge in [0, 0.05) is 23.4 Å². The molecule has 15 heavy (non-hydrogen) atoms. The smallest absolute Gasteiger partial charge is 0.103 e.